The highest BCUT2D eigenvalue weighted by Crippen LogP contribution is 2.33. The first-order chi connectivity index (χ1) is 9.35. The van der Waals surface area contributed by atoms with Crippen LogP contribution in [-0.4, -0.2) is 34.1 Å². The van der Waals surface area contributed by atoms with Crippen molar-refractivity contribution in [2.45, 2.75) is 30.7 Å². The number of hydrogen-bond acceptors (Lipinski definition) is 4. The van der Waals surface area contributed by atoms with Crippen molar-refractivity contribution < 1.29 is 17.9 Å². The lowest BCUT2D eigenvalue weighted by Gasteiger charge is -2.14. The van der Waals surface area contributed by atoms with Crippen molar-refractivity contribution in [3.05, 3.63) is 23.8 Å². The van der Waals surface area contributed by atoms with Gasteiger partial charge < -0.3 is 10.1 Å². The second-order valence-electron chi connectivity index (χ2n) is 4.94. The van der Waals surface area contributed by atoms with Gasteiger partial charge in [-0.3, -0.25) is 4.79 Å². The first kappa shape index (κ1) is 15.0. The molecule has 2 atom stereocenters. The van der Waals surface area contributed by atoms with Gasteiger partial charge in [-0.2, -0.15) is 0 Å². The lowest BCUT2D eigenvalue weighted by molar-refractivity contribution is -0.116. The van der Waals surface area contributed by atoms with Gasteiger partial charge in [-0.1, -0.05) is 0 Å². The number of ether oxygens (including phenoxy) is 1. The molecule has 0 fully saturated rings. The molecule has 1 aromatic rings. The first-order valence-corrected chi connectivity index (χ1v) is 7.79. The highest BCUT2D eigenvalue weighted by Gasteiger charge is 2.28. The number of fused-ring (bicyclic) bond motifs is 1. The lowest BCUT2D eigenvalue weighted by Crippen LogP contribution is -2.35. The maximum Gasteiger partial charge on any atom is 0.240 e. The number of amides is 1. The molecule has 6 nitrogen and oxygen atoms in total. The smallest absolute Gasteiger partial charge is 0.240 e. The predicted octanol–water partition coefficient (Wildman–Crippen LogP) is 1.06. The van der Waals surface area contributed by atoms with Crippen molar-refractivity contribution in [3.8, 4) is 0 Å². The minimum atomic E-state index is -3.61. The predicted molar refractivity (Wildman–Crippen MR) is 75.1 cm³/mol. The van der Waals surface area contributed by atoms with E-state index in [1.165, 1.54) is 13.2 Å². The third-order valence-corrected chi connectivity index (χ3v) is 4.81. The van der Waals surface area contributed by atoms with E-state index in [2.05, 4.69) is 10.0 Å². The van der Waals surface area contributed by atoms with E-state index in [0.717, 1.165) is 0 Å². The SMILES string of the molecule is COC[C@@H](C)NS(=O)(=O)c1ccc2c(c1)[C@@H](C)C(=O)N2. The van der Waals surface area contributed by atoms with Crippen LogP contribution in [0.25, 0.3) is 0 Å². The number of nitrogens with one attached hydrogen (secondary N) is 2. The number of rotatable bonds is 5. The molecule has 1 aliphatic rings. The molecule has 0 unspecified atom stereocenters. The van der Waals surface area contributed by atoms with E-state index in [1.54, 1.807) is 26.0 Å². The van der Waals surface area contributed by atoms with Crippen LogP contribution >= 0.6 is 0 Å². The van der Waals surface area contributed by atoms with Crippen LogP contribution in [0, 0.1) is 0 Å². The summed E-state index contributed by atoms with van der Waals surface area (Å²) in [6, 6.07) is 4.32. The number of anilines is 1. The molecule has 0 bridgehead atoms. The van der Waals surface area contributed by atoms with Crippen molar-refractivity contribution in [1.82, 2.24) is 4.72 Å². The largest absolute Gasteiger partial charge is 0.383 e. The van der Waals surface area contributed by atoms with E-state index in [1.807, 2.05) is 0 Å². The molecule has 0 aromatic heterocycles. The van der Waals surface area contributed by atoms with Crippen LogP contribution in [0.3, 0.4) is 0 Å². The van der Waals surface area contributed by atoms with E-state index >= 15 is 0 Å². The zero-order chi connectivity index (χ0) is 14.9. The fourth-order valence-electron chi connectivity index (χ4n) is 2.18. The lowest BCUT2D eigenvalue weighted by atomic mass is 10.0. The number of benzene rings is 1. The Bertz CT molecular complexity index is 627. The Morgan fingerprint density at radius 2 is 2.15 bits per heavy atom. The Balaban J connectivity index is 2.28. The zero-order valence-corrected chi connectivity index (χ0v) is 12.5. The Labute approximate surface area is 118 Å². The van der Waals surface area contributed by atoms with Gasteiger partial charge in [0.2, 0.25) is 15.9 Å². The second-order valence-corrected chi connectivity index (χ2v) is 6.65. The Morgan fingerprint density at radius 3 is 2.80 bits per heavy atom. The van der Waals surface area contributed by atoms with Gasteiger partial charge in [0.05, 0.1) is 17.4 Å². The summed E-state index contributed by atoms with van der Waals surface area (Å²) >= 11 is 0. The molecule has 0 saturated heterocycles. The standard InChI is InChI=1S/C13H18N2O4S/c1-8(7-19-3)15-20(17,18)10-4-5-12-11(6-10)9(2)13(16)14-12/h4-6,8-9,15H,7H2,1-3H3,(H,14,16)/t8-,9-/m1/s1. The summed E-state index contributed by atoms with van der Waals surface area (Å²) < 4.78 is 31.9. The number of sulfonamides is 1. The van der Waals surface area contributed by atoms with Crippen molar-refractivity contribution in [2.75, 3.05) is 19.0 Å². The minimum Gasteiger partial charge on any atom is -0.383 e. The normalized spacial score (nSPS) is 19.6. The monoisotopic (exact) mass is 298 g/mol. The van der Waals surface area contributed by atoms with Crippen LogP contribution in [0.4, 0.5) is 5.69 Å². The van der Waals surface area contributed by atoms with Crippen LogP contribution in [0.5, 0.6) is 0 Å². The van der Waals surface area contributed by atoms with Gasteiger partial charge in [0.1, 0.15) is 0 Å². The number of carbonyl (C=O) groups excluding carboxylic acids is 1. The molecule has 2 rings (SSSR count). The molecule has 1 aliphatic heterocycles. The van der Waals surface area contributed by atoms with Crippen LogP contribution in [-0.2, 0) is 19.6 Å². The first-order valence-electron chi connectivity index (χ1n) is 6.31. The average molecular weight is 298 g/mol. The quantitative estimate of drug-likeness (QED) is 0.851. The summed E-state index contributed by atoms with van der Waals surface area (Å²) in [5.41, 5.74) is 1.38. The van der Waals surface area contributed by atoms with Crippen molar-refractivity contribution in [3.63, 3.8) is 0 Å². The van der Waals surface area contributed by atoms with E-state index in [9.17, 15) is 13.2 Å². The number of carbonyl (C=O) groups is 1. The highest BCUT2D eigenvalue weighted by molar-refractivity contribution is 7.89. The van der Waals surface area contributed by atoms with Gasteiger partial charge >= 0.3 is 0 Å². The van der Waals surface area contributed by atoms with Crippen molar-refractivity contribution >= 4 is 21.6 Å². The van der Waals surface area contributed by atoms with Gasteiger partial charge in [-0.25, -0.2) is 13.1 Å². The summed E-state index contributed by atoms with van der Waals surface area (Å²) in [6.07, 6.45) is 0. The van der Waals surface area contributed by atoms with E-state index in [0.29, 0.717) is 17.9 Å². The second kappa shape index (κ2) is 5.51. The molecule has 1 heterocycles. The molecular formula is C13H18N2O4S. The van der Waals surface area contributed by atoms with Crippen molar-refractivity contribution in [1.29, 1.82) is 0 Å². The average Bonchev–Trinajstić information content (AvgIpc) is 2.64. The molecule has 0 aliphatic carbocycles. The number of methoxy groups -OCH3 is 1. The van der Waals surface area contributed by atoms with Crippen molar-refractivity contribution in [2.24, 2.45) is 0 Å². The molecule has 110 valence electrons. The van der Waals surface area contributed by atoms with Crippen LogP contribution in [0.2, 0.25) is 0 Å². The minimum absolute atomic E-state index is 0.116. The summed E-state index contributed by atoms with van der Waals surface area (Å²) in [7, 11) is -2.10. The maximum atomic E-state index is 12.2. The Hall–Kier alpha value is -1.44. The fourth-order valence-corrected chi connectivity index (χ4v) is 3.44. The number of hydrogen-bond donors (Lipinski definition) is 2. The third-order valence-electron chi connectivity index (χ3n) is 3.22. The van der Waals surface area contributed by atoms with Crippen LogP contribution in [0.15, 0.2) is 23.1 Å². The van der Waals surface area contributed by atoms with Gasteiger partial charge in [-0.05, 0) is 37.6 Å². The topological polar surface area (TPSA) is 84.5 Å². The zero-order valence-electron chi connectivity index (χ0n) is 11.6. The molecule has 7 heteroatoms. The summed E-state index contributed by atoms with van der Waals surface area (Å²) in [6.45, 7) is 3.77. The summed E-state index contributed by atoms with van der Waals surface area (Å²) in [5, 5.41) is 2.71. The molecule has 0 saturated carbocycles. The molecule has 1 aromatic carbocycles. The maximum absolute atomic E-state index is 12.2. The molecule has 1 amide bonds. The van der Waals surface area contributed by atoms with Gasteiger partial charge in [-0.15, -0.1) is 0 Å². The summed E-state index contributed by atoms with van der Waals surface area (Å²) in [4.78, 5) is 11.7. The third kappa shape index (κ3) is 2.84. The highest BCUT2D eigenvalue weighted by atomic mass is 32.2. The molecular weight excluding hydrogens is 280 g/mol. The van der Waals surface area contributed by atoms with E-state index in [-0.39, 0.29) is 22.8 Å². The summed E-state index contributed by atoms with van der Waals surface area (Å²) in [5.74, 6) is -0.452. The van der Waals surface area contributed by atoms with Gasteiger partial charge in [0, 0.05) is 18.8 Å². The molecule has 2 N–H and O–H groups in total. The van der Waals surface area contributed by atoms with Crippen LogP contribution in [0.1, 0.15) is 25.3 Å². The fraction of sp³-hybridized carbons (Fsp3) is 0.462. The van der Waals surface area contributed by atoms with Gasteiger partial charge in [0.15, 0.2) is 0 Å². The van der Waals surface area contributed by atoms with E-state index < -0.39 is 10.0 Å². The van der Waals surface area contributed by atoms with Gasteiger partial charge in [0.25, 0.3) is 0 Å². The van der Waals surface area contributed by atoms with E-state index in [4.69, 9.17) is 4.74 Å². The Kier molecular flexibility index (Phi) is 4.12. The molecule has 0 radical (unpaired) electrons. The van der Waals surface area contributed by atoms with Crippen LogP contribution < -0.4 is 10.0 Å². The molecule has 0 spiro atoms. The molecule has 20 heavy (non-hydrogen) atoms. The Morgan fingerprint density at radius 1 is 1.45 bits per heavy atom.